The average molecular weight is 380 g/mol. The van der Waals surface area contributed by atoms with Crippen LogP contribution in [0.3, 0.4) is 0 Å². The number of esters is 2. The highest BCUT2D eigenvalue weighted by atomic mass is 31.0. The Hall–Kier alpha value is -1.41. The van der Waals surface area contributed by atoms with Crippen LogP contribution >= 0.6 is 9.24 Å². The smallest absolute Gasteiger partial charge is 0.338 e. The first kappa shape index (κ1) is 22.6. The molecule has 0 saturated carbocycles. The Kier molecular flexibility index (Phi) is 7.42. The zero-order chi connectivity index (χ0) is 20.2. The van der Waals surface area contributed by atoms with Gasteiger partial charge in [-0.15, -0.1) is 0 Å². The molecule has 1 aromatic rings. The lowest BCUT2D eigenvalue weighted by Gasteiger charge is -2.32. The first-order valence-corrected chi connectivity index (χ1v) is 9.68. The highest BCUT2D eigenvalue weighted by Crippen LogP contribution is 2.30. The van der Waals surface area contributed by atoms with E-state index >= 15 is 0 Å². The van der Waals surface area contributed by atoms with E-state index in [4.69, 9.17) is 9.47 Å². The Morgan fingerprint density at radius 2 is 1.31 bits per heavy atom. The molecule has 0 aliphatic heterocycles. The van der Waals surface area contributed by atoms with Crippen molar-refractivity contribution in [3.8, 4) is 0 Å². The van der Waals surface area contributed by atoms with Crippen molar-refractivity contribution in [1.82, 2.24) is 0 Å². The van der Waals surface area contributed by atoms with Gasteiger partial charge in [0.05, 0.1) is 11.1 Å². The van der Waals surface area contributed by atoms with Gasteiger partial charge in [-0.3, -0.25) is 0 Å². The molecule has 0 aliphatic rings. The predicted molar refractivity (Wildman–Crippen MR) is 108 cm³/mol. The summed E-state index contributed by atoms with van der Waals surface area (Å²) in [6.45, 7) is 14.1. The number of hydrogen-bond acceptors (Lipinski definition) is 4. The van der Waals surface area contributed by atoms with Gasteiger partial charge in [0.1, 0.15) is 10.9 Å². The maximum absolute atomic E-state index is 12.4. The van der Waals surface area contributed by atoms with Crippen LogP contribution in [-0.4, -0.2) is 22.9 Å². The van der Waals surface area contributed by atoms with E-state index < -0.39 is 16.9 Å². The molecular formula is C21H33O4P. The summed E-state index contributed by atoms with van der Waals surface area (Å²) >= 11 is 0. The van der Waals surface area contributed by atoms with Crippen molar-refractivity contribution >= 4 is 21.2 Å². The zero-order valence-corrected chi connectivity index (χ0v) is 18.3. The summed E-state index contributed by atoms with van der Waals surface area (Å²) < 4.78 is 11.2. The minimum atomic E-state index is -0.583. The Balaban J connectivity index is 2.78. The quantitative estimate of drug-likeness (QED) is 0.456. The van der Waals surface area contributed by atoms with Crippen LogP contribution in [0.15, 0.2) is 24.3 Å². The zero-order valence-electron chi connectivity index (χ0n) is 17.1. The number of ether oxygens (including phenoxy) is 2. The third-order valence-electron chi connectivity index (χ3n) is 3.75. The SMILES string of the molecule is CCCC(C)(P)OC(=O)c1ccc(C(=O)OC(C)(C)CC(C)(C)C)cc1. The van der Waals surface area contributed by atoms with E-state index in [2.05, 4.69) is 30.0 Å². The Labute approximate surface area is 160 Å². The van der Waals surface area contributed by atoms with E-state index in [1.54, 1.807) is 24.3 Å². The summed E-state index contributed by atoms with van der Waals surface area (Å²) in [6.07, 6.45) is 2.43. The second kappa shape index (κ2) is 8.52. The molecule has 0 heterocycles. The fourth-order valence-electron chi connectivity index (χ4n) is 3.18. The normalized spacial score (nSPS) is 14.5. The summed E-state index contributed by atoms with van der Waals surface area (Å²) in [4.78, 5) is 24.6. The monoisotopic (exact) mass is 380 g/mol. The number of hydrogen-bond donors (Lipinski definition) is 0. The van der Waals surface area contributed by atoms with Gasteiger partial charge in [0.15, 0.2) is 0 Å². The van der Waals surface area contributed by atoms with Gasteiger partial charge in [0, 0.05) is 0 Å². The Morgan fingerprint density at radius 1 is 0.885 bits per heavy atom. The number of rotatable bonds is 7. The summed E-state index contributed by atoms with van der Waals surface area (Å²) in [7, 11) is 2.57. The molecule has 0 saturated heterocycles. The van der Waals surface area contributed by atoms with E-state index in [9.17, 15) is 9.59 Å². The first-order valence-electron chi connectivity index (χ1n) is 9.10. The molecule has 1 rings (SSSR count). The van der Waals surface area contributed by atoms with Gasteiger partial charge in [-0.1, -0.05) is 43.4 Å². The molecule has 146 valence electrons. The van der Waals surface area contributed by atoms with Crippen LogP contribution in [0, 0.1) is 5.41 Å². The fourth-order valence-corrected chi connectivity index (χ4v) is 3.58. The van der Waals surface area contributed by atoms with Crippen LogP contribution in [0.4, 0.5) is 0 Å². The van der Waals surface area contributed by atoms with Crippen molar-refractivity contribution in [2.24, 2.45) is 5.41 Å². The van der Waals surface area contributed by atoms with Gasteiger partial charge < -0.3 is 9.47 Å². The van der Waals surface area contributed by atoms with Crippen molar-refractivity contribution in [2.45, 2.75) is 78.7 Å². The van der Waals surface area contributed by atoms with Gasteiger partial charge in [-0.25, -0.2) is 9.59 Å². The van der Waals surface area contributed by atoms with Gasteiger partial charge in [-0.2, -0.15) is 0 Å². The fraction of sp³-hybridized carbons (Fsp3) is 0.619. The van der Waals surface area contributed by atoms with Gasteiger partial charge in [-0.05, 0) is 63.3 Å². The van der Waals surface area contributed by atoms with E-state index in [0.29, 0.717) is 11.1 Å². The molecule has 0 aliphatic carbocycles. The van der Waals surface area contributed by atoms with E-state index in [1.807, 2.05) is 27.7 Å². The second-order valence-corrected chi connectivity index (χ2v) is 10.1. The van der Waals surface area contributed by atoms with Crippen LogP contribution in [0.1, 0.15) is 88.4 Å². The van der Waals surface area contributed by atoms with Crippen LogP contribution in [-0.2, 0) is 9.47 Å². The van der Waals surface area contributed by atoms with E-state index in [0.717, 1.165) is 19.3 Å². The predicted octanol–water partition coefficient (Wildman–Crippen LogP) is 5.61. The molecule has 0 fully saturated rings. The summed E-state index contributed by atoms with van der Waals surface area (Å²) in [5.41, 5.74) is 0.334. The standard InChI is InChI=1S/C21H33O4P/c1-8-13-21(7,26)25-18(23)16-11-9-15(10-12-16)17(22)24-20(5,6)14-19(2,3)4/h9-12H,8,13-14,26H2,1-7H3. The van der Waals surface area contributed by atoms with Gasteiger partial charge >= 0.3 is 11.9 Å². The van der Waals surface area contributed by atoms with Crippen LogP contribution in [0.2, 0.25) is 0 Å². The lowest BCUT2D eigenvalue weighted by molar-refractivity contribution is -0.0179. The minimum Gasteiger partial charge on any atom is -0.456 e. The minimum absolute atomic E-state index is 0.0562. The van der Waals surface area contributed by atoms with Gasteiger partial charge in [0.2, 0.25) is 0 Å². The molecule has 2 atom stereocenters. The van der Waals surface area contributed by atoms with Crippen LogP contribution in [0.5, 0.6) is 0 Å². The van der Waals surface area contributed by atoms with Crippen molar-refractivity contribution in [3.63, 3.8) is 0 Å². The number of benzene rings is 1. The van der Waals surface area contributed by atoms with Crippen molar-refractivity contribution < 1.29 is 19.1 Å². The third-order valence-corrected chi connectivity index (χ3v) is 4.16. The molecule has 0 bridgehead atoms. The van der Waals surface area contributed by atoms with Crippen molar-refractivity contribution in [3.05, 3.63) is 35.4 Å². The average Bonchev–Trinajstić information content (AvgIpc) is 2.43. The molecule has 5 heteroatoms. The first-order chi connectivity index (χ1) is 11.7. The lowest BCUT2D eigenvalue weighted by Crippen LogP contribution is -2.32. The summed E-state index contributed by atoms with van der Waals surface area (Å²) in [5, 5.41) is -0.583. The molecular weight excluding hydrogens is 347 g/mol. The Morgan fingerprint density at radius 3 is 1.69 bits per heavy atom. The van der Waals surface area contributed by atoms with E-state index in [-0.39, 0.29) is 11.4 Å². The summed E-state index contributed by atoms with van der Waals surface area (Å²) in [5.74, 6) is -0.787. The molecule has 0 amide bonds. The molecule has 0 aromatic heterocycles. The van der Waals surface area contributed by atoms with Crippen LogP contribution in [0.25, 0.3) is 0 Å². The second-order valence-electron chi connectivity index (χ2n) is 8.92. The van der Waals surface area contributed by atoms with Gasteiger partial charge in [0.25, 0.3) is 0 Å². The topological polar surface area (TPSA) is 52.6 Å². The number of carbonyl (C=O) groups excluding carboxylic acids is 2. The molecule has 1 aromatic carbocycles. The molecule has 4 nitrogen and oxygen atoms in total. The molecule has 2 unspecified atom stereocenters. The van der Waals surface area contributed by atoms with Crippen LogP contribution < -0.4 is 0 Å². The Bertz CT molecular complexity index is 624. The van der Waals surface area contributed by atoms with Crippen molar-refractivity contribution in [1.29, 1.82) is 0 Å². The van der Waals surface area contributed by atoms with Crippen molar-refractivity contribution in [2.75, 3.05) is 0 Å². The maximum atomic E-state index is 12.4. The highest BCUT2D eigenvalue weighted by Gasteiger charge is 2.29. The largest absolute Gasteiger partial charge is 0.456 e. The summed E-state index contributed by atoms with van der Waals surface area (Å²) in [6, 6.07) is 6.41. The number of carbonyl (C=O) groups is 2. The molecule has 0 N–H and O–H groups in total. The highest BCUT2D eigenvalue weighted by molar-refractivity contribution is 7.18. The maximum Gasteiger partial charge on any atom is 0.338 e. The molecule has 0 radical (unpaired) electrons. The lowest BCUT2D eigenvalue weighted by atomic mass is 9.83. The molecule has 26 heavy (non-hydrogen) atoms. The van der Waals surface area contributed by atoms with E-state index in [1.165, 1.54) is 0 Å². The molecule has 0 spiro atoms. The third kappa shape index (κ3) is 7.86.